The summed E-state index contributed by atoms with van der Waals surface area (Å²) in [6.07, 6.45) is 17.8. The van der Waals surface area contributed by atoms with Crippen molar-refractivity contribution in [1.29, 1.82) is 0 Å². The van der Waals surface area contributed by atoms with Gasteiger partial charge in [0.05, 0.1) is 0 Å². The molecule has 0 aromatic heterocycles. The molecule has 3 rings (SSSR count). The first-order valence-electron chi connectivity index (χ1n) is 10.4. The Morgan fingerprint density at radius 3 is 1.65 bits per heavy atom. The van der Waals surface area contributed by atoms with E-state index in [9.17, 15) is 0 Å². The summed E-state index contributed by atoms with van der Waals surface area (Å²) in [7, 11) is 0. The summed E-state index contributed by atoms with van der Waals surface area (Å²) in [5, 5.41) is 0. The van der Waals surface area contributed by atoms with E-state index < -0.39 is 0 Å². The fourth-order valence-electron chi connectivity index (χ4n) is 5.20. The lowest BCUT2D eigenvalue weighted by Gasteiger charge is -2.32. The molecule has 0 aliphatic heterocycles. The maximum absolute atomic E-state index is 2.35. The van der Waals surface area contributed by atoms with Crippen LogP contribution in [0.2, 0.25) is 0 Å². The van der Waals surface area contributed by atoms with E-state index in [1.54, 1.807) is 5.56 Å². The van der Waals surface area contributed by atoms with E-state index in [1.165, 1.54) is 77.0 Å². The van der Waals surface area contributed by atoms with E-state index in [2.05, 4.69) is 37.3 Å². The first-order valence-corrected chi connectivity index (χ1v) is 10.4. The van der Waals surface area contributed by atoms with Crippen LogP contribution in [0.3, 0.4) is 0 Å². The van der Waals surface area contributed by atoms with E-state index in [4.69, 9.17) is 0 Å². The van der Waals surface area contributed by atoms with Gasteiger partial charge in [-0.15, -0.1) is 0 Å². The molecule has 2 fully saturated rings. The van der Waals surface area contributed by atoms with Crippen molar-refractivity contribution >= 4 is 0 Å². The summed E-state index contributed by atoms with van der Waals surface area (Å²) in [6, 6.07) is 11.2. The van der Waals surface area contributed by atoms with Gasteiger partial charge < -0.3 is 0 Å². The van der Waals surface area contributed by atoms with Crippen LogP contribution in [-0.4, -0.2) is 0 Å². The van der Waals surface area contributed by atoms with Crippen molar-refractivity contribution < 1.29 is 0 Å². The molecule has 128 valence electrons. The van der Waals surface area contributed by atoms with Gasteiger partial charge in [-0.2, -0.15) is 0 Å². The third-order valence-electron chi connectivity index (χ3n) is 6.76. The Kier molecular flexibility index (Phi) is 6.60. The van der Waals surface area contributed by atoms with Crippen molar-refractivity contribution in [1.82, 2.24) is 0 Å². The average molecular weight is 313 g/mol. The summed E-state index contributed by atoms with van der Waals surface area (Å²) in [4.78, 5) is 0. The lowest BCUT2D eigenvalue weighted by Crippen LogP contribution is -2.17. The van der Waals surface area contributed by atoms with Crippen LogP contribution in [0.15, 0.2) is 30.3 Å². The molecule has 0 bridgehead atoms. The van der Waals surface area contributed by atoms with Crippen molar-refractivity contribution in [3.63, 3.8) is 0 Å². The molecular formula is C23H36. The van der Waals surface area contributed by atoms with Crippen LogP contribution in [0.25, 0.3) is 0 Å². The quantitative estimate of drug-likeness (QED) is 0.515. The van der Waals surface area contributed by atoms with Crippen molar-refractivity contribution in [2.75, 3.05) is 0 Å². The van der Waals surface area contributed by atoms with Crippen LogP contribution >= 0.6 is 0 Å². The minimum absolute atomic E-state index is 0.844. The highest BCUT2D eigenvalue weighted by Gasteiger charge is 2.25. The van der Waals surface area contributed by atoms with E-state index in [0.717, 1.165) is 23.7 Å². The highest BCUT2D eigenvalue weighted by Crippen LogP contribution is 2.40. The van der Waals surface area contributed by atoms with Gasteiger partial charge in [0.25, 0.3) is 0 Å². The fourth-order valence-corrected chi connectivity index (χ4v) is 5.20. The molecule has 2 saturated carbocycles. The van der Waals surface area contributed by atoms with E-state index in [0.29, 0.717) is 0 Å². The lowest BCUT2D eigenvalue weighted by molar-refractivity contribution is 0.224. The lowest BCUT2D eigenvalue weighted by atomic mass is 9.74. The topological polar surface area (TPSA) is 0 Å². The van der Waals surface area contributed by atoms with Crippen LogP contribution in [-0.2, 0) is 0 Å². The molecular weight excluding hydrogens is 276 g/mol. The average Bonchev–Trinajstić information content (AvgIpc) is 2.63. The van der Waals surface area contributed by atoms with Crippen molar-refractivity contribution in [3.8, 4) is 0 Å². The normalized spacial score (nSPS) is 31.9. The Hall–Kier alpha value is -0.780. The molecule has 23 heavy (non-hydrogen) atoms. The first kappa shape index (κ1) is 17.1. The number of rotatable bonds is 6. The molecule has 0 radical (unpaired) electrons. The Labute approximate surface area is 144 Å². The van der Waals surface area contributed by atoms with Gasteiger partial charge in [0.1, 0.15) is 0 Å². The smallest absolute Gasteiger partial charge is 0.0162 e. The van der Waals surface area contributed by atoms with Crippen LogP contribution in [0.5, 0.6) is 0 Å². The zero-order chi connectivity index (χ0) is 15.9. The molecule has 0 spiro atoms. The predicted molar refractivity (Wildman–Crippen MR) is 101 cm³/mol. The zero-order valence-corrected chi connectivity index (χ0v) is 15.2. The zero-order valence-electron chi connectivity index (χ0n) is 15.2. The van der Waals surface area contributed by atoms with Crippen LogP contribution in [0.1, 0.15) is 95.5 Å². The fraction of sp³-hybridized carbons (Fsp3) is 0.739. The number of hydrogen-bond acceptors (Lipinski definition) is 0. The third kappa shape index (κ3) is 5.10. The van der Waals surface area contributed by atoms with Crippen LogP contribution in [0.4, 0.5) is 0 Å². The Bertz CT molecular complexity index is 419. The summed E-state index contributed by atoms with van der Waals surface area (Å²) in [5.41, 5.74) is 1.58. The van der Waals surface area contributed by atoms with E-state index in [1.807, 2.05) is 0 Å². The Morgan fingerprint density at radius 2 is 1.13 bits per heavy atom. The maximum Gasteiger partial charge on any atom is -0.0162 e. The Morgan fingerprint density at radius 1 is 0.652 bits per heavy atom. The minimum Gasteiger partial charge on any atom is -0.0654 e. The van der Waals surface area contributed by atoms with Gasteiger partial charge >= 0.3 is 0 Å². The molecule has 0 nitrogen and oxygen atoms in total. The second-order valence-corrected chi connectivity index (χ2v) is 8.38. The van der Waals surface area contributed by atoms with Crippen molar-refractivity contribution in [2.24, 2.45) is 17.8 Å². The Balaban J connectivity index is 1.34. The highest BCUT2D eigenvalue weighted by molar-refractivity contribution is 5.19. The predicted octanol–water partition coefficient (Wildman–Crippen LogP) is 7.35. The van der Waals surface area contributed by atoms with Crippen LogP contribution < -0.4 is 0 Å². The van der Waals surface area contributed by atoms with Gasteiger partial charge in [0.2, 0.25) is 0 Å². The standard InChI is InChI=1S/C23H36/c1-2-6-19-9-11-20(12-10-19)13-14-21-15-17-23(18-16-21)22-7-4-3-5-8-22/h3-5,7-8,19-21,23H,2,6,9-18H2,1H3. The second-order valence-electron chi connectivity index (χ2n) is 8.38. The van der Waals surface area contributed by atoms with E-state index >= 15 is 0 Å². The third-order valence-corrected chi connectivity index (χ3v) is 6.76. The van der Waals surface area contributed by atoms with E-state index in [-0.39, 0.29) is 0 Å². The summed E-state index contributed by atoms with van der Waals surface area (Å²) in [6.45, 7) is 2.35. The largest absolute Gasteiger partial charge is 0.0654 e. The minimum atomic E-state index is 0.844. The molecule has 0 saturated heterocycles. The summed E-state index contributed by atoms with van der Waals surface area (Å²) in [5.74, 6) is 4.01. The molecule has 0 unspecified atom stereocenters. The monoisotopic (exact) mass is 312 g/mol. The molecule has 0 atom stereocenters. The number of benzene rings is 1. The molecule has 1 aromatic rings. The van der Waals surface area contributed by atoms with Gasteiger partial charge in [0.15, 0.2) is 0 Å². The second kappa shape index (κ2) is 8.90. The molecule has 0 amide bonds. The van der Waals surface area contributed by atoms with Gasteiger partial charge in [-0.05, 0) is 54.9 Å². The van der Waals surface area contributed by atoms with Gasteiger partial charge in [-0.3, -0.25) is 0 Å². The van der Waals surface area contributed by atoms with Gasteiger partial charge in [-0.25, -0.2) is 0 Å². The first-order chi connectivity index (χ1) is 11.3. The van der Waals surface area contributed by atoms with Crippen molar-refractivity contribution in [2.45, 2.75) is 89.9 Å². The molecule has 0 N–H and O–H groups in total. The molecule has 2 aliphatic carbocycles. The van der Waals surface area contributed by atoms with Gasteiger partial charge in [-0.1, -0.05) is 88.6 Å². The van der Waals surface area contributed by atoms with Crippen LogP contribution in [0, 0.1) is 17.8 Å². The molecule has 0 heterocycles. The molecule has 2 aliphatic rings. The van der Waals surface area contributed by atoms with Crippen molar-refractivity contribution in [3.05, 3.63) is 35.9 Å². The summed E-state index contributed by atoms with van der Waals surface area (Å²) < 4.78 is 0. The number of hydrogen-bond donors (Lipinski definition) is 0. The molecule has 0 heteroatoms. The SMILES string of the molecule is CCCC1CCC(CCC2CCC(c3ccccc3)CC2)CC1. The molecule has 1 aromatic carbocycles. The summed E-state index contributed by atoms with van der Waals surface area (Å²) >= 11 is 0. The maximum atomic E-state index is 2.35. The van der Waals surface area contributed by atoms with Gasteiger partial charge in [0, 0.05) is 0 Å². The highest BCUT2D eigenvalue weighted by atomic mass is 14.3.